The lowest BCUT2D eigenvalue weighted by Gasteiger charge is -2.24. The number of ether oxygens (including phenoxy) is 2. The fourth-order valence-corrected chi connectivity index (χ4v) is 3.27. The van der Waals surface area contributed by atoms with Gasteiger partial charge in [0.1, 0.15) is 18.8 Å². The van der Waals surface area contributed by atoms with Gasteiger partial charge in [0.2, 0.25) is 11.8 Å². The van der Waals surface area contributed by atoms with Crippen molar-refractivity contribution in [2.24, 2.45) is 0 Å². The second kappa shape index (κ2) is 6.97. The molecule has 28 heavy (non-hydrogen) atoms. The lowest BCUT2D eigenvalue weighted by Crippen LogP contribution is -2.40. The third-order valence-electron chi connectivity index (χ3n) is 4.77. The van der Waals surface area contributed by atoms with Crippen LogP contribution in [0.5, 0.6) is 5.88 Å². The molecule has 1 aliphatic heterocycles. The number of nitrogen functional groups attached to an aromatic ring is 1. The molecule has 1 aromatic carbocycles. The molecular formula is C18H20FN5O4. The van der Waals surface area contributed by atoms with Gasteiger partial charge in [0.25, 0.3) is 0 Å². The van der Waals surface area contributed by atoms with Crippen LogP contribution in [0.3, 0.4) is 0 Å². The summed E-state index contributed by atoms with van der Waals surface area (Å²) in [7, 11) is 0. The number of anilines is 1. The van der Waals surface area contributed by atoms with Crippen LogP contribution in [0.2, 0.25) is 0 Å². The summed E-state index contributed by atoms with van der Waals surface area (Å²) in [5, 5.41) is 19.4. The molecule has 10 heteroatoms. The van der Waals surface area contributed by atoms with E-state index in [4.69, 9.17) is 15.2 Å². The van der Waals surface area contributed by atoms with Gasteiger partial charge in [0, 0.05) is 0 Å². The lowest BCUT2D eigenvalue weighted by molar-refractivity contribution is -0.0566. The highest BCUT2D eigenvalue weighted by Crippen LogP contribution is 2.42. The lowest BCUT2D eigenvalue weighted by atomic mass is 9.98. The van der Waals surface area contributed by atoms with E-state index in [0.717, 1.165) is 5.56 Å². The molecule has 4 rings (SSSR count). The molecule has 1 aliphatic rings. The Bertz CT molecular complexity index is 981. The Kier molecular flexibility index (Phi) is 4.61. The smallest absolute Gasteiger partial charge is 0.247 e. The first-order chi connectivity index (χ1) is 13.4. The Morgan fingerprint density at radius 3 is 2.75 bits per heavy atom. The molecule has 0 amide bonds. The molecule has 1 saturated heterocycles. The van der Waals surface area contributed by atoms with Crippen molar-refractivity contribution in [3.8, 4) is 5.88 Å². The minimum atomic E-state index is -2.17. The molecule has 4 atom stereocenters. The highest BCUT2D eigenvalue weighted by atomic mass is 19.1. The predicted molar refractivity (Wildman–Crippen MR) is 97.0 cm³/mol. The second-order valence-electron chi connectivity index (χ2n) is 6.79. The minimum Gasteiger partial charge on any atom is -0.471 e. The number of aliphatic hydroxyl groups excluding tert-OH is 2. The normalized spacial score (nSPS) is 27.4. The number of halogens is 1. The molecule has 2 aromatic heterocycles. The van der Waals surface area contributed by atoms with Crippen LogP contribution in [-0.2, 0) is 11.3 Å². The maximum absolute atomic E-state index is 15.1. The summed E-state index contributed by atoms with van der Waals surface area (Å²) in [6.45, 7) is 0.916. The van der Waals surface area contributed by atoms with E-state index in [1.165, 1.54) is 17.8 Å². The summed E-state index contributed by atoms with van der Waals surface area (Å²) in [6, 6.07) is 9.48. The number of fused-ring (bicyclic) bond motifs is 1. The van der Waals surface area contributed by atoms with Crippen LogP contribution < -0.4 is 10.5 Å². The molecule has 0 bridgehead atoms. The topological polar surface area (TPSA) is 129 Å². The van der Waals surface area contributed by atoms with Crippen molar-refractivity contribution in [3.05, 3.63) is 42.2 Å². The van der Waals surface area contributed by atoms with E-state index in [0.29, 0.717) is 0 Å². The molecule has 0 aliphatic carbocycles. The maximum atomic E-state index is 15.1. The molecule has 4 N–H and O–H groups in total. The average Bonchev–Trinajstić information content (AvgIpc) is 3.19. The molecule has 1 fully saturated rings. The van der Waals surface area contributed by atoms with Crippen LogP contribution >= 0.6 is 0 Å². The highest BCUT2D eigenvalue weighted by Gasteiger charge is 2.55. The number of imidazole rings is 1. The van der Waals surface area contributed by atoms with Gasteiger partial charge in [-0.25, -0.2) is 9.37 Å². The van der Waals surface area contributed by atoms with E-state index in [2.05, 4.69) is 15.0 Å². The van der Waals surface area contributed by atoms with E-state index in [-0.39, 0.29) is 29.6 Å². The highest BCUT2D eigenvalue weighted by molar-refractivity contribution is 5.77. The van der Waals surface area contributed by atoms with Crippen LogP contribution in [0.1, 0.15) is 18.7 Å². The molecule has 1 unspecified atom stereocenters. The van der Waals surface area contributed by atoms with Crippen LogP contribution in [0.25, 0.3) is 11.2 Å². The van der Waals surface area contributed by atoms with Gasteiger partial charge in [-0.05, 0) is 12.5 Å². The number of aromatic nitrogens is 4. The third kappa shape index (κ3) is 3.05. The molecule has 9 nitrogen and oxygen atoms in total. The molecule has 3 aromatic rings. The van der Waals surface area contributed by atoms with E-state index in [9.17, 15) is 10.2 Å². The van der Waals surface area contributed by atoms with E-state index >= 15 is 4.39 Å². The molecule has 148 valence electrons. The Morgan fingerprint density at radius 2 is 2.07 bits per heavy atom. The largest absolute Gasteiger partial charge is 0.471 e. The van der Waals surface area contributed by atoms with E-state index in [1.54, 1.807) is 0 Å². The zero-order valence-corrected chi connectivity index (χ0v) is 15.1. The second-order valence-corrected chi connectivity index (χ2v) is 6.79. The van der Waals surface area contributed by atoms with Gasteiger partial charge in [-0.1, -0.05) is 30.3 Å². The van der Waals surface area contributed by atoms with Crippen LogP contribution in [0.15, 0.2) is 36.7 Å². The number of alkyl halides is 1. The molecule has 0 saturated carbocycles. The minimum absolute atomic E-state index is 0.0740. The zero-order valence-electron chi connectivity index (χ0n) is 15.1. The summed E-state index contributed by atoms with van der Waals surface area (Å²) in [5.41, 5.74) is 5.04. The Balaban J connectivity index is 1.69. The van der Waals surface area contributed by atoms with Gasteiger partial charge >= 0.3 is 0 Å². The average molecular weight is 389 g/mol. The summed E-state index contributed by atoms with van der Waals surface area (Å²) in [5.74, 6) is 0.0815. The summed E-state index contributed by atoms with van der Waals surface area (Å²) >= 11 is 0. The number of benzene rings is 1. The number of hydrogen-bond donors (Lipinski definition) is 3. The van der Waals surface area contributed by atoms with Crippen molar-refractivity contribution >= 4 is 17.1 Å². The van der Waals surface area contributed by atoms with Crippen molar-refractivity contribution < 1.29 is 24.1 Å². The first kappa shape index (κ1) is 18.5. The van der Waals surface area contributed by atoms with E-state index in [1.807, 2.05) is 30.3 Å². The van der Waals surface area contributed by atoms with Crippen molar-refractivity contribution in [2.45, 2.75) is 37.6 Å². The van der Waals surface area contributed by atoms with Gasteiger partial charge in [0.05, 0.1) is 12.9 Å². The fourth-order valence-electron chi connectivity index (χ4n) is 3.27. The number of nitrogens with zero attached hydrogens (tertiary/aromatic N) is 4. The Hall–Kier alpha value is -2.82. The van der Waals surface area contributed by atoms with Gasteiger partial charge in [-0.3, -0.25) is 4.57 Å². The summed E-state index contributed by atoms with van der Waals surface area (Å²) < 4.78 is 27.7. The Labute approximate surface area is 159 Å². The van der Waals surface area contributed by atoms with Gasteiger partial charge in [-0.2, -0.15) is 9.97 Å². The van der Waals surface area contributed by atoms with Gasteiger partial charge < -0.3 is 25.4 Å². The predicted octanol–water partition coefficient (Wildman–Crippen LogP) is 0.966. The zero-order chi connectivity index (χ0) is 19.9. The molecule has 3 heterocycles. The quantitative estimate of drug-likeness (QED) is 0.589. The van der Waals surface area contributed by atoms with Crippen LogP contribution in [-0.4, -0.2) is 54.2 Å². The number of hydrogen-bond acceptors (Lipinski definition) is 8. The first-order valence-corrected chi connectivity index (χ1v) is 8.72. The van der Waals surface area contributed by atoms with Crippen molar-refractivity contribution in [3.63, 3.8) is 0 Å². The standard InChI is InChI=1S/C18H20FN5O4/c1-18(19)13(26)11(7-25)28-16(18)24-9-21-12-14(24)22-17(20)23-15(12)27-8-10-5-3-2-4-6-10/h2-6,9,11,13,16,25-26H,7-8H2,1H3,(H2,20,22,23)/t11-,13-,16?,18-/m1/s1. The molecule has 0 spiro atoms. The van der Waals surface area contributed by atoms with Crippen LogP contribution in [0, 0.1) is 0 Å². The van der Waals surface area contributed by atoms with Gasteiger partial charge in [-0.15, -0.1) is 0 Å². The number of nitrogens with two attached hydrogens (primary N) is 1. The first-order valence-electron chi connectivity index (χ1n) is 8.72. The molecule has 0 radical (unpaired) electrons. The van der Waals surface area contributed by atoms with Crippen molar-refractivity contribution in [1.82, 2.24) is 19.5 Å². The third-order valence-corrected chi connectivity index (χ3v) is 4.77. The van der Waals surface area contributed by atoms with Crippen molar-refractivity contribution in [1.29, 1.82) is 0 Å². The van der Waals surface area contributed by atoms with Crippen molar-refractivity contribution in [2.75, 3.05) is 12.3 Å². The number of aliphatic hydroxyl groups is 2. The SMILES string of the molecule is C[C@]1(F)C(n2cnc3c(OCc4ccccc4)nc(N)nc32)O[C@H](CO)[C@H]1O. The fraction of sp³-hybridized carbons (Fsp3) is 0.389. The maximum Gasteiger partial charge on any atom is 0.247 e. The monoisotopic (exact) mass is 389 g/mol. The van der Waals surface area contributed by atoms with E-state index < -0.39 is 30.7 Å². The Morgan fingerprint density at radius 1 is 1.32 bits per heavy atom. The summed E-state index contributed by atoms with van der Waals surface area (Å²) in [6.07, 6.45) is -2.50. The van der Waals surface area contributed by atoms with Crippen LogP contribution in [0.4, 0.5) is 10.3 Å². The summed E-state index contributed by atoms with van der Waals surface area (Å²) in [4.78, 5) is 12.4. The number of rotatable bonds is 5. The molecular weight excluding hydrogens is 369 g/mol. The van der Waals surface area contributed by atoms with Gasteiger partial charge in [0.15, 0.2) is 23.1 Å².